The van der Waals surface area contributed by atoms with E-state index in [1.807, 2.05) is 0 Å². The first-order valence-corrected chi connectivity index (χ1v) is 6.55. The minimum atomic E-state index is 0.252. The molecule has 1 N–H and O–H groups in total. The van der Waals surface area contributed by atoms with Crippen LogP contribution in [0.15, 0.2) is 0 Å². The maximum atomic E-state index is 11.9. The van der Waals surface area contributed by atoms with Gasteiger partial charge >= 0.3 is 0 Å². The number of rotatable bonds is 5. The highest BCUT2D eigenvalue weighted by atomic mass is 35.5. The molecular weight excluding hydrogens is 210 g/mol. The Morgan fingerprint density at radius 1 is 1.53 bits per heavy atom. The van der Waals surface area contributed by atoms with E-state index in [1.165, 1.54) is 12.8 Å². The fourth-order valence-electron chi connectivity index (χ4n) is 2.34. The van der Waals surface area contributed by atoms with Crippen molar-refractivity contribution in [1.29, 1.82) is 0 Å². The first-order valence-electron chi connectivity index (χ1n) is 6.01. The highest BCUT2D eigenvalue weighted by molar-refractivity contribution is 6.17. The molecule has 1 amide bonds. The van der Waals surface area contributed by atoms with Gasteiger partial charge in [0, 0.05) is 17.8 Å². The van der Waals surface area contributed by atoms with Crippen LogP contribution in [0.25, 0.3) is 0 Å². The molecule has 0 aromatic heterocycles. The number of carbonyl (C=O) groups excluding carboxylic acids is 1. The molecule has 0 aliphatic heterocycles. The second-order valence-corrected chi connectivity index (χ2v) is 5.13. The molecule has 1 aliphatic carbocycles. The quantitative estimate of drug-likeness (QED) is 0.725. The van der Waals surface area contributed by atoms with Gasteiger partial charge in [0.15, 0.2) is 0 Å². The van der Waals surface area contributed by atoms with Crippen molar-refractivity contribution in [2.45, 2.75) is 52.0 Å². The predicted octanol–water partition coefficient (Wildman–Crippen LogP) is 2.95. The summed E-state index contributed by atoms with van der Waals surface area (Å²) in [7, 11) is 0. The Hall–Kier alpha value is -0.240. The van der Waals surface area contributed by atoms with Crippen molar-refractivity contribution in [3.63, 3.8) is 0 Å². The van der Waals surface area contributed by atoms with Gasteiger partial charge in [-0.2, -0.15) is 0 Å². The Labute approximate surface area is 97.8 Å². The van der Waals surface area contributed by atoms with Crippen LogP contribution >= 0.6 is 11.6 Å². The van der Waals surface area contributed by atoms with Crippen LogP contribution in [0.1, 0.15) is 46.0 Å². The van der Waals surface area contributed by atoms with Gasteiger partial charge in [-0.1, -0.05) is 13.3 Å². The zero-order valence-corrected chi connectivity index (χ0v) is 10.5. The molecule has 0 heterocycles. The molecule has 1 fully saturated rings. The summed E-state index contributed by atoms with van der Waals surface area (Å²) < 4.78 is 0. The molecular formula is C12H22ClNO. The molecule has 2 nitrogen and oxygen atoms in total. The molecule has 3 atom stereocenters. The van der Waals surface area contributed by atoms with Crippen molar-refractivity contribution < 1.29 is 4.79 Å². The third-order valence-electron chi connectivity index (χ3n) is 3.36. The Morgan fingerprint density at radius 2 is 2.27 bits per heavy atom. The monoisotopic (exact) mass is 231 g/mol. The van der Waals surface area contributed by atoms with Crippen molar-refractivity contribution in [1.82, 2.24) is 5.32 Å². The Morgan fingerprint density at radius 3 is 2.80 bits per heavy atom. The van der Waals surface area contributed by atoms with Crippen LogP contribution in [0.2, 0.25) is 0 Å². The summed E-state index contributed by atoms with van der Waals surface area (Å²) in [6.45, 7) is 4.24. The minimum absolute atomic E-state index is 0.252. The zero-order chi connectivity index (χ0) is 11.3. The molecule has 3 unspecified atom stereocenters. The van der Waals surface area contributed by atoms with Gasteiger partial charge in [0.05, 0.1) is 0 Å². The van der Waals surface area contributed by atoms with Gasteiger partial charge in [0.2, 0.25) is 5.91 Å². The molecule has 0 radical (unpaired) electrons. The largest absolute Gasteiger partial charge is 0.353 e. The lowest BCUT2D eigenvalue weighted by atomic mass is 9.97. The smallest absolute Gasteiger partial charge is 0.223 e. The molecule has 0 aromatic carbocycles. The second-order valence-electron chi connectivity index (χ2n) is 4.76. The molecule has 0 spiro atoms. The highest BCUT2D eigenvalue weighted by Crippen LogP contribution is 2.31. The normalized spacial score (nSPS) is 27.7. The standard InChI is InChI=1S/C12H22ClNO/c1-9-5-3-7-11(9)12(15)14-10(2)6-4-8-13/h9-11H,3-8H2,1-2H3,(H,14,15). The Kier molecular flexibility index (Phi) is 5.44. The SMILES string of the molecule is CC(CCCCl)NC(=O)C1CCCC1C. The van der Waals surface area contributed by atoms with Gasteiger partial charge in [-0.15, -0.1) is 11.6 Å². The summed E-state index contributed by atoms with van der Waals surface area (Å²) in [6.07, 6.45) is 5.43. The van der Waals surface area contributed by atoms with Crippen molar-refractivity contribution in [3.8, 4) is 0 Å². The summed E-state index contributed by atoms with van der Waals surface area (Å²) in [5, 5.41) is 3.09. The van der Waals surface area contributed by atoms with Crippen LogP contribution in [-0.4, -0.2) is 17.8 Å². The number of halogens is 1. The van der Waals surface area contributed by atoms with Crippen molar-refractivity contribution in [2.24, 2.45) is 11.8 Å². The van der Waals surface area contributed by atoms with Gasteiger partial charge < -0.3 is 5.32 Å². The van der Waals surface area contributed by atoms with E-state index in [2.05, 4.69) is 19.2 Å². The van der Waals surface area contributed by atoms with Gasteiger partial charge in [-0.05, 0) is 38.5 Å². The summed E-state index contributed by atoms with van der Waals surface area (Å²) >= 11 is 5.62. The van der Waals surface area contributed by atoms with Crippen molar-refractivity contribution in [3.05, 3.63) is 0 Å². The minimum Gasteiger partial charge on any atom is -0.353 e. The highest BCUT2D eigenvalue weighted by Gasteiger charge is 2.29. The van der Waals surface area contributed by atoms with Gasteiger partial charge in [-0.3, -0.25) is 4.79 Å². The summed E-state index contributed by atoms with van der Waals surface area (Å²) in [5.41, 5.74) is 0. The van der Waals surface area contributed by atoms with Crippen LogP contribution in [-0.2, 0) is 4.79 Å². The molecule has 3 heteroatoms. The fraction of sp³-hybridized carbons (Fsp3) is 0.917. The number of carbonyl (C=O) groups is 1. The van der Waals surface area contributed by atoms with Gasteiger partial charge in [0.25, 0.3) is 0 Å². The van der Waals surface area contributed by atoms with Crippen LogP contribution in [0.5, 0.6) is 0 Å². The number of hydrogen-bond donors (Lipinski definition) is 1. The molecule has 0 saturated heterocycles. The Bertz CT molecular complexity index is 208. The third-order valence-corrected chi connectivity index (χ3v) is 3.62. The average molecular weight is 232 g/mol. The number of alkyl halides is 1. The molecule has 15 heavy (non-hydrogen) atoms. The number of amides is 1. The zero-order valence-electron chi connectivity index (χ0n) is 9.76. The first kappa shape index (κ1) is 12.8. The van der Waals surface area contributed by atoms with E-state index in [0.717, 1.165) is 19.3 Å². The molecule has 0 bridgehead atoms. The lowest BCUT2D eigenvalue weighted by molar-refractivity contribution is -0.126. The van der Waals surface area contributed by atoms with E-state index < -0.39 is 0 Å². The van der Waals surface area contributed by atoms with Crippen LogP contribution in [0.4, 0.5) is 0 Å². The molecule has 1 saturated carbocycles. The molecule has 0 aromatic rings. The maximum Gasteiger partial charge on any atom is 0.223 e. The van der Waals surface area contributed by atoms with E-state index in [0.29, 0.717) is 11.8 Å². The number of nitrogens with one attached hydrogen (secondary N) is 1. The van der Waals surface area contributed by atoms with Crippen LogP contribution in [0, 0.1) is 11.8 Å². The van der Waals surface area contributed by atoms with E-state index >= 15 is 0 Å². The van der Waals surface area contributed by atoms with Crippen molar-refractivity contribution >= 4 is 17.5 Å². The lowest BCUT2D eigenvalue weighted by Gasteiger charge is -2.19. The molecule has 88 valence electrons. The maximum absolute atomic E-state index is 11.9. The first-order chi connectivity index (χ1) is 7.15. The fourth-order valence-corrected chi connectivity index (χ4v) is 2.49. The van der Waals surface area contributed by atoms with Crippen molar-refractivity contribution in [2.75, 3.05) is 5.88 Å². The van der Waals surface area contributed by atoms with E-state index in [4.69, 9.17) is 11.6 Å². The van der Waals surface area contributed by atoms with Crippen LogP contribution in [0.3, 0.4) is 0 Å². The van der Waals surface area contributed by atoms with E-state index in [9.17, 15) is 4.79 Å². The number of hydrogen-bond acceptors (Lipinski definition) is 1. The molecule has 1 rings (SSSR count). The van der Waals surface area contributed by atoms with Crippen LogP contribution < -0.4 is 5.32 Å². The third kappa shape index (κ3) is 4.02. The predicted molar refractivity (Wildman–Crippen MR) is 64.1 cm³/mol. The van der Waals surface area contributed by atoms with E-state index in [-0.39, 0.29) is 17.9 Å². The van der Waals surface area contributed by atoms with Gasteiger partial charge in [0.1, 0.15) is 0 Å². The average Bonchev–Trinajstić information content (AvgIpc) is 2.61. The lowest BCUT2D eigenvalue weighted by Crippen LogP contribution is -2.38. The second kappa shape index (κ2) is 6.37. The summed E-state index contributed by atoms with van der Waals surface area (Å²) in [5.74, 6) is 1.75. The summed E-state index contributed by atoms with van der Waals surface area (Å²) in [6, 6.07) is 0.268. The Balaban J connectivity index is 2.28. The summed E-state index contributed by atoms with van der Waals surface area (Å²) in [4.78, 5) is 11.9. The molecule has 1 aliphatic rings. The topological polar surface area (TPSA) is 29.1 Å². The van der Waals surface area contributed by atoms with Gasteiger partial charge in [-0.25, -0.2) is 0 Å². The van der Waals surface area contributed by atoms with E-state index in [1.54, 1.807) is 0 Å².